The first-order chi connectivity index (χ1) is 8.50. The highest BCUT2D eigenvalue weighted by Crippen LogP contribution is 2.09. The monoisotopic (exact) mass is 247 g/mol. The van der Waals surface area contributed by atoms with Crippen LogP contribution in [-0.4, -0.2) is 26.7 Å². The summed E-state index contributed by atoms with van der Waals surface area (Å²) in [5.74, 6) is -1.14. The van der Waals surface area contributed by atoms with Crippen molar-refractivity contribution in [1.29, 1.82) is 0 Å². The molecule has 1 heterocycles. The van der Waals surface area contributed by atoms with Crippen LogP contribution in [-0.2, 0) is 11.3 Å². The fourth-order valence-electron chi connectivity index (χ4n) is 1.78. The summed E-state index contributed by atoms with van der Waals surface area (Å²) in [5, 5.41) is 8.82. The Labute approximate surface area is 103 Å². The van der Waals surface area contributed by atoms with E-state index in [1.807, 2.05) is 0 Å². The predicted molar refractivity (Wildman–Crippen MR) is 66.4 cm³/mol. The van der Waals surface area contributed by atoms with Crippen molar-refractivity contribution in [3.63, 3.8) is 0 Å². The highest BCUT2D eigenvalue weighted by atomic mass is 16.4. The molecule has 18 heavy (non-hydrogen) atoms. The van der Waals surface area contributed by atoms with E-state index in [-0.39, 0.29) is 12.1 Å². The molecular formula is C12H13N3O3. The molecule has 0 aliphatic carbocycles. The van der Waals surface area contributed by atoms with Gasteiger partial charge in [0, 0.05) is 0 Å². The molecule has 1 aromatic heterocycles. The number of rotatable bonds is 3. The summed E-state index contributed by atoms with van der Waals surface area (Å²) >= 11 is 0. The molecular weight excluding hydrogens is 234 g/mol. The molecule has 1 unspecified atom stereocenters. The van der Waals surface area contributed by atoms with Gasteiger partial charge >= 0.3 is 5.97 Å². The summed E-state index contributed by atoms with van der Waals surface area (Å²) < 4.78 is 1.36. The maximum absolute atomic E-state index is 12.0. The van der Waals surface area contributed by atoms with Crippen LogP contribution in [0.15, 0.2) is 29.1 Å². The summed E-state index contributed by atoms with van der Waals surface area (Å²) in [7, 11) is 0. The molecule has 2 rings (SSSR count). The normalized spacial score (nSPS) is 12.6. The van der Waals surface area contributed by atoms with E-state index in [1.165, 1.54) is 4.57 Å². The number of fused-ring (bicyclic) bond motifs is 1. The fraction of sp³-hybridized carbons (Fsp3) is 0.250. The summed E-state index contributed by atoms with van der Waals surface area (Å²) in [6.45, 7) is 1.52. The molecule has 0 aliphatic heterocycles. The van der Waals surface area contributed by atoms with Gasteiger partial charge in [0.15, 0.2) is 0 Å². The molecule has 0 radical (unpaired) electrons. The van der Waals surface area contributed by atoms with Crippen LogP contribution in [0.25, 0.3) is 11.0 Å². The van der Waals surface area contributed by atoms with E-state index in [9.17, 15) is 9.59 Å². The molecule has 0 bridgehead atoms. The number of carbonyl (C=O) groups is 1. The smallest absolute Gasteiger partial charge is 0.322 e. The fourth-order valence-corrected chi connectivity index (χ4v) is 1.78. The first-order valence-corrected chi connectivity index (χ1v) is 5.45. The Kier molecular flexibility index (Phi) is 3.12. The summed E-state index contributed by atoms with van der Waals surface area (Å²) in [6.07, 6.45) is 0. The van der Waals surface area contributed by atoms with Crippen LogP contribution in [0.5, 0.6) is 0 Å². The third kappa shape index (κ3) is 2.10. The van der Waals surface area contributed by atoms with Gasteiger partial charge < -0.3 is 15.4 Å². The van der Waals surface area contributed by atoms with Crippen molar-refractivity contribution < 1.29 is 9.90 Å². The number of nitrogens with zero attached hydrogens (tertiary/aromatic N) is 2. The molecule has 0 aliphatic rings. The number of nitrogens with two attached hydrogens (primary N) is 1. The van der Waals surface area contributed by atoms with Gasteiger partial charge in [0.25, 0.3) is 5.56 Å². The molecule has 0 fully saturated rings. The van der Waals surface area contributed by atoms with Gasteiger partial charge in [-0.05, 0) is 19.1 Å². The molecule has 6 nitrogen and oxygen atoms in total. The van der Waals surface area contributed by atoms with Crippen LogP contribution < -0.4 is 11.3 Å². The minimum absolute atomic E-state index is 0.0714. The minimum Gasteiger partial charge on any atom is -0.480 e. The lowest BCUT2D eigenvalue weighted by Gasteiger charge is -2.13. The van der Waals surface area contributed by atoms with E-state index < -0.39 is 12.0 Å². The second-order valence-corrected chi connectivity index (χ2v) is 4.05. The molecule has 1 atom stereocenters. The highest BCUT2D eigenvalue weighted by molar-refractivity contribution is 5.76. The van der Waals surface area contributed by atoms with E-state index in [1.54, 1.807) is 31.2 Å². The Hall–Kier alpha value is -2.21. The Morgan fingerprint density at radius 3 is 2.83 bits per heavy atom. The number of aromatic nitrogens is 2. The Morgan fingerprint density at radius 1 is 1.50 bits per heavy atom. The molecule has 0 saturated heterocycles. The molecule has 0 amide bonds. The zero-order chi connectivity index (χ0) is 13.3. The molecule has 6 heteroatoms. The van der Waals surface area contributed by atoms with Gasteiger partial charge in [-0.25, -0.2) is 4.98 Å². The lowest BCUT2D eigenvalue weighted by Crippen LogP contribution is -2.38. The molecule has 0 spiro atoms. The molecule has 3 N–H and O–H groups in total. The van der Waals surface area contributed by atoms with E-state index in [0.717, 1.165) is 0 Å². The third-order valence-corrected chi connectivity index (χ3v) is 2.71. The van der Waals surface area contributed by atoms with E-state index in [0.29, 0.717) is 16.7 Å². The highest BCUT2D eigenvalue weighted by Gasteiger charge is 2.15. The van der Waals surface area contributed by atoms with Crippen molar-refractivity contribution in [3.8, 4) is 0 Å². The molecule has 1 aromatic carbocycles. The summed E-state index contributed by atoms with van der Waals surface area (Å²) in [5.41, 5.74) is 6.72. The lowest BCUT2D eigenvalue weighted by atomic mass is 10.2. The quantitative estimate of drug-likeness (QED) is 0.802. The van der Waals surface area contributed by atoms with Crippen molar-refractivity contribution in [2.45, 2.75) is 19.5 Å². The average molecular weight is 247 g/mol. The van der Waals surface area contributed by atoms with Gasteiger partial charge in [-0.2, -0.15) is 0 Å². The number of hydrogen-bond acceptors (Lipinski definition) is 4. The van der Waals surface area contributed by atoms with Crippen LogP contribution in [0.2, 0.25) is 0 Å². The largest absolute Gasteiger partial charge is 0.480 e. The SMILES string of the molecule is Cc1nc2ccccc2n(CC(N)C(=O)O)c1=O. The van der Waals surface area contributed by atoms with Crippen LogP contribution in [0.1, 0.15) is 5.69 Å². The van der Waals surface area contributed by atoms with E-state index >= 15 is 0 Å². The number of aryl methyl sites for hydroxylation is 1. The minimum atomic E-state index is -1.14. The topological polar surface area (TPSA) is 98.2 Å². The predicted octanol–water partition coefficient (Wildman–Crippen LogP) is 0.117. The maximum Gasteiger partial charge on any atom is 0.322 e. The van der Waals surface area contributed by atoms with Gasteiger partial charge in [-0.3, -0.25) is 9.59 Å². The van der Waals surface area contributed by atoms with Crippen LogP contribution >= 0.6 is 0 Å². The lowest BCUT2D eigenvalue weighted by molar-refractivity contribution is -0.138. The molecule has 2 aromatic rings. The van der Waals surface area contributed by atoms with Crippen molar-refractivity contribution in [1.82, 2.24) is 9.55 Å². The Balaban J connectivity index is 2.64. The maximum atomic E-state index is 12.0. The van der Waals surface area contributed by atoms with Crippen molar-refractivity contribution in [3.05, 3.63) is 40.3 Å². The Bertz CT molecular complexity index is 663. The summed E-state index contributed by atoms with van der Waals surface area (Å²) in [6, 6.07) is 5.94. The average Bonchev–Trinajstić information content (AvgIpc) is 2.34. The van der Waals surface area contributed by atoms with E-state index in [4.69, 9.17) is 10.8 Å². The Morgan fingerprint density at radius 2 is 2.17 bits per heavy atom. The van der Waals surface area contributed by atoms with Crippen LogP contribution in [0, 0.1) is 6.92 Å². The number of carboxylic acid groups (broad SMARTS) is 1. The molecule has 0 saturated carbocycles. The number of aliphatic carboxylic acids is 1. The number of hydrogen-bond donors (Lipinski definition) is 2. The van der Waals surface area contributed by atoms with Gasteiger partial charge in [0.2, 0.25) is 0 Å². The van der Waals surface area contributed by atoms with Crippen molar-refractivity contribution in [2.75, 3.05) is 0 Å². The van der Waals surface area contributed by atoms with Gasteiger partial charge in [0.1, 0.15) is 11.7 Å². The van der Waals surface area contributed by atoms with Crippen molar-refractivity contribution in [2.24, 2.45) is 5.73 Å². The van der Waals surface area contributed by atoms with Crippen LogP contribution in [0.3, 0.4) is 0 Å². The number of carboxylic acids is 1. The van der Waals surface area contributed by atoms with Gasteiger partial charge in [0.05, 0.1) is 17.6 Å². The molecule has 94 valence electrons. The number of para-hydroxylation sites is 2. The first kappa shape index (κ1) is 12.3. The number of benzene rings is 1. The van der Waals surface area contributed by atoms with E-state index in [2.05, 4.69) is 4.98 Å². The standard InChI is InChI=1S/C12H13N3O3/c1-7-11(16)15(6-8(13)12(17)18)10-5-3-2-4-9(10)14-7/h2-5,8H,6,13H2,1H3,(H,17,18). The van der Waals surface area contributed by atoms with Gasteiger partial charge in [-0.15, -0.1) is 0 Å². The first-order valence-electron chi connectivity index (χ1n) is 5.45. The zero-order valence-corrected chi connectivity index (χ0v) is 9.83. The second kappa shape index (κ2) is 4.58. The van der Waals surface area contributed by atoms with Gasteiger partial charge in [-0.1, -0.05) is 12.1 Å². The third-order valence-electron chi connectivity index (χ3n) is 2.71. The zero-order valence-electron chi connectivity index (χ0n) is 9.83. The van der Waals surface area contributed by atoms with Crippen molar-refractivity contribution >= 4 is 17.0 Å². The second-order valence-electron chi connectivity index (χ2n) is 4.05. The van der Waals surface area contributed by atoms with Crippen LogP contribution in [0.4, 0.5) is 0 Å². The summed E-state index contributed by atoms with van der Waals surface area (Å²) in [4.78, 5) is 26.9.